The summed E-state index contributed by atoms with van der Waals surface area (Å²) in [7, 11) is 1.75. The summed E-state index contributed by atoms with van der Waals surface area (Å²) in [6, 6.07) is 11.8. The molecule has 30 heavy (non-hydrogen) atoms. The Morgan fingerprint density at radius 2 is 1.87 bits per heavy atom. The number of rotatable bonds is 4. The summed E-state index contributed by atoms with van der Waals surface area (Å²) in [5, 5.41) is 9.93. The molecule has 1 aliphatic carbocycles. The highest BCUT2D eigenvalue weighted by atomic mass is 35.5. The molecule has 1 fully saturated rings. The van der Waals surface area contributed by atoms with Crippen LogP contribution in [0.5, 0.6) is 5.88 Å². The highest BCUT2D eigenvalue weighted by Gasteiger charge is 2.31. The van der Waals surface area contributed by atoms with E-state index in [4.69, 9.17) is 21.1 Å². The van der Waals surface area contributed by atoms with Crippen LogP contribution in [0, 0.1) is 0 Å². The predicted molar refractivity (Wildman–Crippen MR) is 114 cm³/mol. The topological polar surface area (TPSA) is 62.1 Å². The monoisotopic (exact) mass is 424 g/mol. The number of pyridine rings is 1. The maximum Gasteiger partial charge on any atom is 0.213 e. The molecule has 6 nitrogen and oxygen atoms in total. The molecule has 3 heterocycles. The zero-order valence-corrected chi connectivity index (χ0v) is 17.8. The SMILES string of the molecule is CO[C@H]1Cc2cc(Cl)ccc2-n2c(nnc2C2CCC(Oc3ccccn3)CC2)C1. The van der Waals surface area contributed by atoms with Crippen molar-refractivity contribution in [2.45, 2.75) is 56.7 Å². The van der Waals surface area contributed by atoms with Gasteiger partial charge in [-0.15, -0.1) is 10.2 Å². The van der Waals surface area contributed by atoms with Crippen LogP contribution in [0.1, 0.15) is 48.8 Å². The lowest BCUT2D eigenvalue weighted by atomic mass is 9.86. The second-order valence-electron chi connectivity index (χ2n) is 8.11. The second-order valence-corrected chi connectivity index (χ2v) is 8.54. The maximum atomic E-state index is 6.29. The fraction of sp³-hybridized carbons (Fsp3) is 0.435. The van der Waals surface area contributed by atoms with Gasteiger partial charge in [-0.3, -0.25) is 4.57 Å². The van der Waals surface area contributed by atoms with E-state index >= 15 is 0 Å². The van der Waals surface area contributed by atoms with Gasteiger partial charge in [0.05, 0.1) is 11.8 Å². The second kappa shape index (κ2) is 8.36. The molecular formula is C23H25ClN4O2. The van der Waals surface area contributed by atoms with Crippen molar-refractivity contribution in [2.24, 2.45) is 0 Å². The third-order valence-electron chi connectivity index (χ3n) is 6.19. The normalized spacial score (nSPS) is 23.3. The van der Waals surface area contributed by atoms with Crippen molar-refractivity contribution < 1.29 is 9.47 Å². The van der Waals surface area contributed by atoms with Crippen LogP contribution in [0.25, 0.3) is 5.69 Å². The van der Waals surface area contributed by atoms with Crippen LogP contribution in [-0.4, -0.2) is 39.1 Å². The quantitative estimate of drug-likeness (QED) is 0.615. The first kappa shape index (κ1) is 19.5. The summed E-state index contributed by atoms with van der Waals surface area (Å²) in [5.41, 5.74) is 2.31. The van der Waals surface area contributed by atoms with Crippen molar-refractivity contribution >= 4 is 11.6 Å². The molecule has 1 saturated carbocycles. The molecule has 156 valence electrons. The minimum Gasteiger partial charge on any atom is -0.474 e. The van der Waals surface area contributed by atoms with Crippen LogP contribution < -0.4 is 4.74 Å². The standard InChI is InChI=1S/C23H25ClN4O2/c1-29-19-13-16-12-17(24)7-10-20(16)28-21(14-19)26-27-23(28)15-5-8-18(9-6-15)30-22-4-2-3-11-25-22/h2-4,7,10-12,15,18-19H,5-6,8-9,13-14H2,1H3/t15?,18?,19-/m0/s1. The zero-order chi connectivity index (χ0) is 20.5. The largest absolute Gasteiger partial charge is 0.474 e. The number of hydrogen-bond acceptors (Lipinski definition) is 5. The molecule has 2 aliphatic rings. The molecule has 0 N–H and O–H groups in total. The lowest BCUT2D eigenvalue weighted by Crippen LogP contribution is -2.25. The van der Waals surface area contributed by atoms with Crippen molar-refractivity contribution in [2.75, 3.05) is 7.11 Å². The minimum absolute atomic E-state index is 0.0722. The van der Waals surface area contributed by atoms with E-state index in [1.165, 1.54) is 5.56 Å². The van der Waals surface area contributed by atoms with Gasteiger partial charge in [0.25, 0.3) is 0 Å². The minimum atomic E-state index is 0.0722. The average molecular weight is 425 g/mol. The van der Waals surface area contributed by atoms with E-state index in [0.717, 1.165) is 60.9 Å². The molecule has 5 rings (SSSR count). The number of halogens is 1. The van der Waals surface area contributed by atoms with Crippen molar-refractivity contribution in [3.05, 3.63) is 64.8 Å². The van der Waals surface area contributed by atoms with Crippen LogP contribution in [0.4, 0.5) is 0 Å². The number of methoxy groups -OCH3 is 1. The maximum absolute atomic E-state index is 6.29. The van der Waals surface area contributed by atoms with Crippen molar-refractivity contribution in [3.63, 3.8) is 0 Å². The van der Waals surface area contributed by atoms with E-state index in [0.29, 0.717) is 11.8 Å². The van der Waals surface area contributed by atoms with Gasteiger partial charge in [-0.25, -0.2) is 4.98 Å². The van der Waals surface area contributed by atoms with Gasteiger partial charge in [0.2, 0.25) is 5.88 Å². The molecule has 0 radical (unpaired) electrons. The summed E-state index contributed by atoms with van der Waals surface area (Å²) in [6.07, 6.45) is 7.61. The lowest BCUT2D eigenvalue weighted by molar-refractivity contribution is 0.103. The molecule has 1 aromatic carbocycles. The van der Waals surface area contributed by atoms with Crippen LogP contribution >= 0.6 is 11.6 Å². The van der Waals surface area contributed by atoms with Gasteiger partial charge in [0.1, 0.15) is 17.8 Å². The molecule has 7 heteroatoms. The van der Waals surface area contributed by atoms with Gasteiger partial charge < -0.3 is 9.47 Å². The molecule has 3 aromatic rings. The number of ether oxygens (including phenoxy) is 2. The van der Waals surface area contributed by atoms with Crippen molar-refractivity contribution in [1.82, 2.24) is 19.7 Å². The first-order valence-corrected chi connectivity index (χ1v) is 10.9. The molecule has 0 saturated heterocycles. The van der Waals surface area contributed by atoms with E-state index < -0.39 is 0 Å². The first-order chi connectivity index (χ1) is 14.7. The molecule has 0 bridgehead atoms. The van der Waals surface area contributed by atoms with Crippen molar-refractivity contribution in [1.29, 1.82) is 0 Å². The Morgan fingerprint density at radius 1 is 1.00 bits per heavy atom. The molecular weight excluding hydrogens is 400 g/mol. The summed E-state index contributed by atoms with van der Waals surface area (Å²) < 4.78 is 14.0. The Kier molecular flexibility index (Phi) is 5.44. The first-order valence-electron chi connectivity index (χ1n) is 10.5. The highest BCUT2D eigenvalue weighted by molar-refractivity contribution is 6.30. The van der Waals surface area contributed by atoms with E-state index in [9.17, 15) is 0 Å². The fourth-order valence-corrected chi connectivity index (χ4v) is 4.83. The Hall–Kier alpha value is -2.44. The number of aromatic nitrogens is 4. The van der Waals surface area contributed by atoms with Gasteiger partial charge >= 0.3 is 0 Å². The predicted octanol–water partition coefficient (Wildman–Crippen LogP) is 4.53. The number of nitrogens with zero attached hydrogens (tertiary/aromatic N) is 4. The summed E-state index contributed by atoms with van der Waals surface area (Å²) in [4.78, 5) is 4.29. The molecule has 0 amide bonds. The highest BCUT2D eigenvalue weighted by Crippen LogP contribution is 2.37. The van der Waals surface area contributed by atoms with Gasteiger partial charge in [-0.2, -0.15) is 0 Å². The third-order valence-corrected chi connectivity index (χ3v) is 6.43. The van der Waals surface area contributed by atoms with Gasteiger partial charge in [0, 0.05) is 43.2 Å². The molecule has 1 atom stereocenters. The Balaban J connectivity index is 1.39. The van der Waals surface area contributed by atoms with E-state index in [-0.39, 0.29) is 12.2 Å². The molecule has 0 spiro atoms. The van der Waals surface area contributed by atoms with Crippen LogP contribution in [-0.2, 0) is 17.6 Å². The van der Waals surface area contributed by atoms with Gasteiger partial charge in [0.15, 0.2) is 0 Å². The Labute approximate surface area is 181 Å². The van der Waals surface area contributed by atoms with Crippen LogP contribution in [0.2, 0.25) is 5.02 Å². The van der Waals surface area contributed by atoms with Crippen LogP contribution in [0.3, 0.4) is 0 Å². The number of benzene rings is 1. The van der Waals surface area contributed by atoms with E-state index in [1.807, 2.05) is 30.3 Å². The van der Waals surface area contributed by atoms with Crippen LogP contribution in [0.15, 0.2) is 42.6 Å². The van der Waals surface area contributed by atoms with Crippen molar-refractivity contribution in [3.8, 4) is 11.6 Å². The third kappa shape index (κ3) is 3.82. The van der Waals surface area contributed by atoms with E-state index in [2.05, 4.69) is 25.8 Å². The fourth-order valence-electron chi connectivity index (χ4n) is 4.64. The Bertz CT molecular complexity index is 1020. The molecule has 0 unspecified atom stereocenters. The zero-order valence-electron chi connectivity index (χ0n) is 17.0. The smallest absolute Gasteiger partial charge is 0.213 e. The van der Waals surface area contributed by atoms with Gasteiger partial charge in [-0.05, 0) is 55.5 Å². The summed E-state index contributed by atoms with van der Waals surface area (Å²) in [5.74, 6) is 3.07. The lowest BCUT2D eigenvalue weighted by Gasteiger charge is -2.28. The Morgan fingerprint density at radius 3 is 2.63 bits per heavy atom. The average Bonchev–Trinajstić information content (AvgIpc) is 3.11. The summed E-state index contributed by atoms with van der Waals surface area (Å²) in [6.45, 7) is 0. The molecule has 2 aromatic heterocycles. The number of fused-ring (bicyclic) bond motifs is 3. The van der Waals surface area contributed by atoms with E-state index in [1.54, 1.807) is 13.3 Å². The summed E-state index contributed by atoms with van der Waals surface area (Å²) >= 11 is 6.29. The van der Waals surface area contributed by atoms with Gasteiger partial charge in [-0.1, -0.05) is 17.7 Å². The number of hydrogen-bond donors (Lipinski definition) is 0. The molecule has 1 aliphatic heterocycles.